The number of carbonyl (C=O) groups excluding carboxylic acids is 1. The van der Waals surface area contributed by atoms with Crippen molar-refractivity contribution in [1.82, 2.24) is 14.8 Å². The lowest BCUT2D eigenvalue weighted by Crippen LogP contribution is -2.47. The first-order chi connectivity index (χ1) is 10.2. The van der Waals surface area contributed by atoms with Gasteiger partial charge < -0.3 is 0 Å². The Labute approximate surface area is 126 Å². The van der Waals surface area contributed by atoms with Gasteiger partial charge >= 0.3 is 0 Å². The van der Waals surface area contributed by atoms with Crippen LogP contribution in [-0.4, -0.2) is 20.5 Å². The van der Waals surface area contributed by atoms with Gasteiger partial charge in [0.25, 0.3) is 0 Å². The van der Waals surface area contributed by atoms with E-state index in [4.69, 9.17) is 0 Å². The zero-order chi connectivity index (χ0) is 14.4. The maximum Gasteiger partial charge on any atom is 0.141 e. The normalized spacial score (nSPS) is 37.1. The zero-order valence-corrected chi connectivity index (χ0v) is 12.9. The molecule has 0 radical (unpaired) electrons. The van der Waals surface area contributed by atoms with Crippen molar-refractivity contribution in [3.05, 3.63) is 12.2 Å². The third-order valence-corrected chi connectivity index (χ3v) is 6.09. The first-order valence-electron chi connectivity index (χ1n) is 8.54. The average molecular weight is 287 g/mol. The molecule has 4 aliphatic carbocycles. The topological polar surface area (TPSA) is 47.8 Å². The molecule has 0 aromatic carbocycles. The molecule has 0 saturated heterocycles. The Morgan fingerprint density at radius 1 is 1.24 bits per heavy atom. The Hall–Kier alpha value is -1.19. The van der Waals surface area contributed by atoms with Crippen LogP contribution in [0.1, 0.15) is 57.7 Å². The molecule has 4 heteroatoms. The first-order valence-corrected chi connectivity index (χ1v) is 8.54. The Morgan fingerprint density at radius 2 is 1.86 bits per heavy atom. The molecular weight excluding hydrogens is 262 g/mol. The zero-order valence-electron chi connectivity index (χ0n) is 12.9. The second kappa shape index (κ2) is 4.92. The van der Waals surface area contributed by atoms with Crippen LogP contribution in [-0.2, 0) is 17.8 Å². The fraction of sp³-hybridized carbons (Fsp3) is 0.824. The van der Waals surface area contributed by atoms with Crippen LogP contribution < -0.4 is 0 Å². The molecule has 4 aliphatic rings. The predicted molar refractivity (Wildman–Crippen MR) is 79.6 cm³/mol. The predicted octanol–water partition coefficient (Wildman–Crippen LogP) is 3.02. The van der Waals surface area contributed by atoms with Gasteiger partial charge in [-0.2, -0.15) is 5.10 Å². The minimum atomic E-state index is 0.350. The van der Waals surface area contributed by atoms with E-state index in [0.717, 1.165) is 36.5 Å². The summed E-state index contributed by atoms with van der Waals surface area (Å²) in [4.78, 5) is 16.8. The maximum atomic E-state index is 12.6. The van der Waals surface area contributed by atoms with Gasteiger partial charge in [0, 0.05) is 13.0 Å². The molecule has 0 unspecified atom stereocenters. The SMILES string of the molecule is CCn1ncnc1CC(=O)CC12CC3CC(CC(C3)C1)C2. The van der Waals surface area contributed by atoms with Crippen LogP contribution in [0.25, 0.3) is 0 Å². The van der Waals surface area contributed by atoms with E-state index in [-0.39, 0.29) is 0 Å². The van der Waals surface area contributed by atoms with Gasteiger partial charge in [0.1, 0.15) is 17.9 Å². The largest absolute Gasteiger partial charge is 0.299 e. The van der Waals surface area contributed by atoms with Crippen molar-refractivity contribution < 1.29 is 4.79 Å². The van der Waals surface area contributed by atoms with Crippen LogP contribution in [0.4, 0.5) is 0 Å². The Morgan fingerprint density at radius 3 is 2.43 bits per heavy atom. The van der Waals surface area contributed by atoms with Gasteiger partial charge in [0.15, 0.2) is 0 Å². The number of rotatable bonds is 5. The summed E-state index contributed by atoms with van der Waals surface area (Å²) < 4.78 is 1.84. The summed E-state index contributed by atoms with van der Waals surface area (Å²) in [6, 6.07) is 0. The molecule has 1 aromatic heterocycles. The number of nitrogens with zero attached hydrogens (tertiary/aromatic N) is 3. The maximum absolute atomic E-state index is 12.6. The highest BCUT2D eigenvalue weighted by Gasteiger charge is 2.51. The molecule has 1 aromatic rings. The average Bonchev–Trinajstić information content (AvgIpc) is 2.83. The Bertz CT molecular complexity index is 513. The second-order valence-electron chi connectivity index (χ2n) is 7.80. The number of ketones is 1. The van der Waals surface area contributed by atoms with Crippen molar-refractivity contribution in [2.24, 2.45) is 23.2 Å². The summed E-state index contributed by atoms with van der Waals surface area (Å²) in [7, 11) is 0. The third kappa shape index (κ3) is 2.43. The van der Waals surface area contributed by atoms with Gasteiger partial charge in [-0.25, -0.2) is 9.67 Å². The summed E-state index contributed by atoms with van der Waals surface area (Å²) in [6.45, 7) is 2.84. The van der Waals surface area contributed by atoms with Crippen LogP contribution in [0.15, 0.2) is 6.33 Å². The molecule has 0 N–H and O–H groups in total. The molecule has 4 nitrogen and oxygen atoms in total. The van der Waals surface area contributed by atoms with E-state index in [1.807, 2.05) is 11.6 Å². The lowest BCUT2D eigenvalue weighted by Gasteiger charge is -2.56. The minimum Gasteiger partial charge on any atom is -0.299 e. The van der Waals surface area contributed by atoms with E-state index in [2.05, 4.69) is 10.1 Å². The number of Topliss-reactive ketones (excluding diaryl/α,β-unsaturated/α-hetero) is 1. The third-order valence-electron chi connectivity index (χ3n) is 6.09. The molecule has 5 rings (SSSR count). The summed E-state index contributed by atoms with van der Waals surface area (Å²) in [5.41, 5.74) is 0.350. The summed E-state index contributed by atoms with van der Waals surface area (Å²) in [5, 5.41) is 4.17. The van der Waals surface area contributed by atoms with Gasteiger partial charge in [0.05, 0.1) is 6.42 Å². The fourth-order valence-corrected chi connectivity index (χ4v) is 5.85. The molecule has 114 valence electrons. The van der Waals surface area contributed by atoms with E-state index < -0.39 is 0 Å². The standard InChI is InChI=1S/C17H25N3O/c1-2-20-16(18-11-19-20)6-15(21)10-17-7-12-3-13(8-17)5-14(4-12)9-17/h11-14H,2-10H2,1H3. The van der Waals surface area contributed by atoms with Gasteiger partial charge in [-0.1, -0.05) is 0 Å². The molecule has 0 amide bonds. The fourth-order valence-electron chi connectivity index (χ4n) is 5.85. The van der Waals surface area contributed by atoms with Gasteiger partial charge in [0.2, 0.25) is 0 Å². The van der Waals surface area contributed by atoms with Crippen molar-refractivity contribution in [3.63, 3.8) is 0 Å². The number of carbonyl (C=O) groups is 1. The highest BCUT2D eigenvalue weighted by Crippen LogP contribution is 2.61. The highest BCUT2D eigenvalue weighted by atomic mass is 16.1. The molecule has 1 heterocycles. The van der Waals surface area contributed by atoms with Crippen LogP contribution in [0.5, 0.6) is 0 Å². The van der Waals surface area contributed by atoms with E-state index >= 15 is 0 Å². The second-order valence-corrected chi connectivity index (χ2v) is 7.80. The number of aromatic nitrogens is 3. The van der Waals surface area contributed by atoms with E-state index in [0.29, 0.717) is 17.6 Å². The quantitative estimate of drug-likeness (QED) is 0.836. The molecule has 21 heavy (non-hydrogen) atoms. The van der Waals surface area contributed by atoms with E-state index in [1.165, 1.54) is 38.5 Å². The molecule has 0 atom stereocenters. The monoisotopic (exact) mass is 287 g/mol. The van der Waals surface area contributed by atoms with Gasteiger partial charge in [-0.05, 0) is 68.6 Å². The van der Waals surface area contributed by atoms with Crippen LogP contribution in [0.3, 0.4) is 0 Å². The van der Waals surface area contributed by atoms with Crippen LogP contribution in [0, 0.1) is 23.2 Å². The Balaban J connectivity index is 1.45. The van der Waals surface area contributed by atoms with Crippen molar-refractivity contribution in [2.75, 3.05) is 0 Å². The van der Waals surface area contributed by atoms with Crippen LogP contribution >= 0.6 is 0 Å². The molecule has 4 fully saturated rings. The minimum absolute atomic E-state index is 0.350. The van der Waals surface area contributed by atoms with Crippen molar-refractivity contribution in [1.29, 1.82) is 0 Å². The molecule has 0 spiro atoms. The van der Waals surface area contributed by atoms with Gasteiger partial charge in [-0.15, -0.1) is 0 Å². The first kappa shape index (κ1) is 13.5. The lowest BCUT2D eigenvalue weighted by atomic mass is 9.48. The summed E-state index contributed by atoms with van der Waals surface area (Å²) in [6.07, 6.45) is 11.1. The molecule has 4 saturated carbocycles. The number of hydrogen-bond acceptors (Lipinski definition) is 3. The van der Waals surface area contributed by atoms with Crippen molar-refractivity contribution in [3.8, 4) is 0 Å². The van der Waals surface area contributed by atoms with Crippen LogP contribution in [0.2, 0.25) is 0 Å². The highest BCUT2D eigenvalue weighted by molar-refractivity contribution is 5.80. The lowest BCUT2D eigenvalue weighted by molar-refractivity contribution is -0.126. The summed E-state index contributed by atoms with van der Waals surface area (Å²) in [5.74, 6) is 3.97. The smallest absolute Gasteiger partial charge is 0.141 e. The molecular formula is C17H25N3O. The van der Waals surface area contributed by atoms with Gasteiger partial charge in [-0.3, -0.25) is 4.79 Å². The molecule has 0 aliphatic heterocycles. The number of aryl methyl sites for hydroxylation is 1. The number of hydrogen-bond donors (Lipinski definition) is 0. The Kier molecular flexibility index (Phi) is 3.16. The van der Waals surface area contributed by atoms with Crippen molar-refractivity contribution >= 4 is 5.78 Å². The van der Waals surface area contributed by atoms with E-state index in [1.54, 1.807) is 6.33 Å². The molecule has 4 bridgehead atoms. The summed E-state index contributed by atoms with van der Waals surface area (Å²) >= 11 is 0. The van der Waals surface area contributed by atoms with E-state index in [9.17, 15) is 4.79 Å². The van der Waals surface area contributed by atoms with Crippen molar-refractivity contribution in [2.45, 2.75) is 64.8 Å².